The highest BCUT2D eigenvalue weighted by molar-refractivity contribution is 7.19. The highest BCUT2D eigenvalue weighted by Crippen LogP contribution is 2.42. The van der Waals surface area contributed by atoms with Gasteiger partial charge in [0.25, 0.3) is 0 Å². The van der Waals surface area contributed by atoms with Gasteiger partial charge in [-0.25, -0.2) is 4.79 Å². The summed E-state index contributed by atoms with van der Waals surface area (Å²) < 4.78 is 13.0. The molecule has 2 fully saturated rings. The summed E-state index contributed by atoms with van der Waals surface area (Å²) in [6.07, 6.45) is 9.65. The maximum absolute atomic E-state index is 12.2. The molecular formula is C36H47ClN4O5S. The van der Waals surface area contributed by atoms with E-state index < -0.39 is 5.60 Å². The first kappa shape index (κ1) is 35.1. The number of likely N-dealkylation sites (tertiary alicyclic amines) is 2. The molecule has 9 nitrogen and oxygen atoms in total. The third-order valence-corrected chi connectivity index (χ3v) is 9.96. The van der Waals surface area contributed by atoms with Crippen LogP contribution >= 0.6 is 22.9 Å². The summed E-state index contributed by atoms with van der Waals surface area (Å²) >= 11 is 8.15. The van der Waals surface area contributed by atoms with Crippen molar-refractivity contribution in [2.75, 3.05) is 26.2 Å². The minimum atomic E-state index is -0.465. The summed E-state index contributed by atoms with van der Waals surface area (Å²) in [5, 5.41) is 3.48. The van der Waals surface area contributed by atoms with Crippen LogP contribution in [0.15, 0.2) is 30.5 Å². The zero-order valence-electron chi connectivity index (χ0n) is 28.0. The number of halogens is 1. The number of alkyl carbamates (subject to hydrolysis) is 1. The van der Waals surface area contributed by atoms with E-state index in [1.807, 2.05) is 52.0 Å². The highest BCUT2D eigenvalue weighted by Gasteiger charge is 2.30. The van der Waals surface area contributed by atoms with E-state index in [1.165, 1.54) is 17.7 Å². The van der Waals surface area contributed by atoms with Crippen LogP contribution in [0, 0.1) is 6.92 Å². The van der Waals surface area contributed by atoms with Crippen LogP contribution < -0.4 is 10.1 Å². The number of amides is 3. The number of piperidine rings is 1. The average Bonchev–Trinajstić information content (AvgIpc) is 3.57. The van der Waals surface area contributed by atoms with Crippen molar-refractivity contribution < 1.29 is 23.9 Å². The van der Waals surface area contributed by atoms with Crippen molar-refractivity contribution in [2.45, 2.75) is 104 Å². The fourth-order valence-corrected chi connectivity index (χ4v) is 7.64. The number of carbonyl (C=O) groups is 3. The molecule has 2 aliphatic rings. The zero-order chi connectivity index (χ0) is 33.6. The molecule has 1 N–H and O–H groups in total. The summed E-state index contributed by atoms with van der Waals surface area (Å²) in [6, 6.07) is 7.88. The topological polar surface area (TPSA) is 101 Å². The molecule has 0 saturated carbocycles. The van der Waals surface area contributed by atoms with Gasteiger partial charge in [0, 0.05) is 59.7 Å². The fraction of sp³-hybridized carbons (Fsp3) is 0.556. The van der Waals surface area contributed by atoms with Crippen LogP contribution in [-0.2, 0) is 20.9 Å². The second-order valence-electron chi connectivity index (χ2n) is 13.6. The Morgan fingerprint density at radius 1 is 1.02 bits per heavy atom. The van der Waals surface area contributed by atoms with Gasteiger partial charge in [-0.05, 0) is 89.8 Å². The number of hydrogen-bond donors (Lipinski definition) is 1. The van der Waals surface area contributed by atoms with Crippen molar-refractivity contribution in [3.8, 4) is 16.9 Å². The Hall–Kier alpha value is -3.21. The predicted molar refractivity (Wildman–Crippen MR) is 187 cm³/mol. The van der Waals surface area contributed by atoms with Crippen molar-refractivity contribution in [1.82, 2.24) is 20.1 Å². The van der Waals surface area contributed by atoms with E-state index in [-0.39, 0.29) is 43.4 Å². The molecule has 0 spiro atoms. The van der Waals surface area contributed by atoms with Gasteiger partial charge in [0.1, 0.15) is 17.5 Å². The average molecular weight is 683 g/mol. The number of benzene rings is 1. The Balaban J connectivity index is 1.12. The first-order valence-electron chi connectivity index (χ1n) is 16.8. The van der Waals surface area contributed by atoms with E-state index in [1.54, 1.807) is 17.5 Å². The molecule has 4 heterocycles. The van der Waals surface area contributed by atoms with Gasteiger partial charge in [0.15, 0.2) is 0 Å². The lowest BCUT2D eigenvalue weighted by Crippen LogP contribution is -2.38. The Labute approximate surface area is 286 Å². The molecule has 2 saturated heterocycles. The lowest BCUT2D eigenvalue weighted by atomic mass is 10.0. The molecule has 2 aromatic heterocycles. The third-order valence-electron chi connectivity index (χ3n) is 8.60. The number of unbranched alkanes of at least 4 members (excludes halogenated alkanes) is 4. The molecule has 2 aliphatic heterocycles. The number of carbonyl (C=O) groups excluding carboxylic acids is 3. The number of aromatic nitrogens is 1. The van der Waals surface area contributed by atoms with Crippen molar-refractivity contribution >= 4 is 51.1 Å². The van der Waals surface area contributed by atoms with Gasteiger partial charge in [0.05, 0.1) is 16.8 Å². The first-order chi connectivity index (χ1) is 22.5. The summed E-state index contributed by atoms with van der Waals surface area (Å²) in [6.45, 7) is 11.7. The lowest BCUT2D eigenvalue weighted by Gasteiger charge is -2.33. The summed E-state index contributed by atoms with van der Waals surface area (Å²) in [5.41, 5.74) is 3.28. The summed E-state index contributed by atoms with van der Waals surface area (Å²) in [5.74, 6) is 0.616. The third kappa shape index (κ3) is 9.67. The fourth-order valence-electron chi connectivity index (χ4n) is 6.23. The minimum Gasteiger partial charge on any atom is -0.489 e. The molecule has 0 unspecified atom stereocenters. The van der Waals surface area contributed by atoms with Gasteiger partial charge in [0.2, 0.25) is 11.8 Å². The number of pyridine rings is 1. The van der Waals surface area contributed by atoms with Crippen molar-refractivity contribution in [1.29, 1.82) is 0 Å². The number of aryl methyl sites for hydroxylation is 1. The molecule has 0 aliphatic carbocycles. The van der Waals surface area contributed by atoms with Crippen LogP contribution in [0.3, 0.4) is 0 Å². The Bertz CT molecular complexity index is 1560. The van der Waals surface area contributed by atoms with Gasteiger partial charge in [-0.3, -0.25) is 19.5 Å². The largest absolute Gasteiger partial charge is 0.489 e. The molecule has 3 amide bonds. The van der Waals surface area contributed by atoms with Crippen LogP contribution in [0.4, 0.5) is 4.79 Å². The smallest absolute Gasteiger partial charge is 0.407 e. The lowest BCUT2D eigenvalue weighted by molar-refractivity contribution is -0.139. The number of nitrogens with one attached hydrogen (secondary N) is 1. The molecular weight excluding hydrogens is 636 g/mol. The number of fused-ring (bicyclic) bond motifs is 1. The van der Waals surface area contributed by atoms with Crippen LogP contribution in [-0.4, -0.2) is 70.6 Å². The maximum Gasteiger partial charge on any atom is 0.407 e. The molecule has 0 bridgehead atoms. The van der Waals surface area contributed by atoms with E-state index in [4.69, 9.17) is 21.1 Å². The standard InChI is InChI=1S/C36H47ClN4O5S/c1-24-20-25(37)21-29(28-12-16-38-30-22-27(47-34(28)30)23-41-31(42)10-11-32(41)43)33(24)45-26-13-18-40(19-14-26)17-9-7-5-6-8-15-39-35(44)46-36(2,3)4/h12,16,20-22,26H,5-11,13-15,17-19,23H2,1-4H3,(H,39,44). The molecule has 1 aromatic carbocycles. The van der Waals surface area contributed by atoms with Crippen molar-refractivity contribution in [3.05, 3.63) is 45.9 Å². The van der Waals surface area contributed by atoms with Crippen LogP contribution in [0.1, 0.15) is 89.0 Å². The number of hydrogen-bond acceptors (Lipinski definition) is 8. The quantitative estimate of drug-likeness (QED) is 0.145. The molecule has 254 valence electrons. The molecule has 3 aromatic rings. The second kappa shape index (κ2) is 15.8. The van der Waals surface area contributed by atoms with Gasteiger partial charge in [-0.2, -0.15) is 0 Å². The Morgan fingerprint density at radius 3 is 2.45 bits per heavy atom. The van der Waals surface area contributed by atoms with E-state index in [0.29, 0.717) is 11.6 Å². The van der Waals surface area contributed by atoms with Gasteiger partial charge >= 0.3 is 6.09 Å². The van der Waals surface area contributed by atoms with E-state index in [2.05, 4.69) is 15.2 Å². The monoisotopic (exact) mass is 682 g/mol. The van der Waals surface area contributed by atoms with E-state index >= 15 is 0 Å². The van der Waals surface area contributed by atoms with Gasteiger partial charge in [-0.1, -0.05) is 30.9 Å². The Morgan fingerprint density at radius 2 is 1.72 bits per heavy atom. The van der Waals surface area contributed by atoms with Crippen molar-refractivity contribution in [2.24, 2.45) is 0 Å². The second-order valence-corrected chi connectivity index (χ2v) is 15.2. The predicted octanol–water partition coefficient (Wildman–Crippen LogP) is 7.89. The normalized spacial score (nSPS) is 16.3. The highest BCUT2D eigenvalue weighted by atomic mass is 35.5. The van der Waals surface area contributed by atoms with E-state index in [0.717, 1.165) is 89.3 Å². The summed E-state index contributed by atoms with van der Waals surface area (Å²) in [4.78, 5) is 45.6. The molecule has 11 heteroatoms. The first-order valence-corrected chi connectivity index (χ1v) is 18.0. The van der Waals surface area contributed by atoms with Crippen LogP contribution in [0.25, 0.3) is 21.3 Å². The van der Waals surface area contributed by atoms with Crippen LogP contribution in [0.2, 0.25) is 5.02 Å². The molecule has 0 radical (unpaired) electrons. The molecule has 5 rings (SSSR count). The number of imide groups is 1. The molecule has 47 heavy (non-hydrogen) atoms. The number of rotatable bonds is 13. The molecule has 0 atom stereocenters. The van der Waals surface area contributed by atoms with Gasteiger partial charge in [-0.15, -0.1) is 11.3 Å². The number of thiophene rings is 1. The minimum absolute atomic E-state index is 0.116. The maximum atomic E-state index is 12.2. The number of ether oxygens (including phenoxy) is 2. The SMILES string of the molecule is Cc1cc(Cl)cc(-c2ccnc3cc(CN4C(=O)CCC4=O)sc23)c1OC1CCN(CCCCCCCNC(=O)OC(C)(C)C)CC1. The van der Waals surface area contributed by atoms with E-state index in [9.17, 15) is 14.4 Å². The number of nitrogens with zero attached hydrogens (tertiary/aromatic N) is 3. The Kier molecular flexibility index (Phi) is 11.8. The van der Waals surface area contributed by atoms with Crippen molar-refractivity contribution in [3.63, 3.8) is 0 Å². The summed E-state index contributed by atoms with van der Waals surface area (Å²) in [7, 11) is 0. The van der Waals surface area contributed by atoms with Crippen LogP contribution in [0.5, 0.6) is 5.75 Å². The van der Waals surface area contributed by atoms with Gasteiger partial charge < -0.3 is 19.7 Å². The zero-order valence-corrected chi connectivity index (χ0v) is 29.6.